The number of rotatable bonds is 2. The normalized spacial score (nSPS) is 13.0. The lowest BCUT2D eigenvalue weighted by atomic mass is 9.97. The molecule has 0 bridgehead atoms. The van der Waals surface area contributed by atoms with E-state index < -0.39 is 0 Å². The standard InChI is InChI=1S/C11H16BrN/c1-7-4-8(2)11(12)10(5-7)9(3)6-13/h4-5,9H,6,13H2,1-3H3. The highest BCUT2D eigenvalue weighted by Gasteiger charge is 2.09. The number of halogens is 1. The second-order valence-corrected chi connectivity index (χ2v) is 4.41. The van der Waals surface area contributed by atoms with Gasteiger partial charge in [0.2, 0.25) is 0 Å². The van der Waals surface area contributed by atoms with Crippen LogP contribution in [0.1, 0.15) is 29.5 Å². The molecule has 1 nitrogen and oxygen atoms in total. The smallest absolute Gasteiger partial charge is 0.0239 e. The molecule has 1 aromatic rings. The Morgan fingerprint density at radius 1 is 1.38 bits per heavy atom. The van der Waals surface area contributed by atoms with E-state index in [0.29, 0.717) is 12.5 Å². The van der Waals surface area contributed by atoms with Crippen molar-refractivity contribution in [2.24, 2.45) is 5.73 Å². The lowest BCUT2D eigenvalue weighted by molar-refractivity contribution is 0.768. The fraction of sp³-hybridized carbons (Fsp3) is 0.455. The average molecular weight is 242 g/mol. The van der Waals surface area contributed by atoms with Crippen LogP contribution in [0, 0.1) is 13.8 Å². The van der Waals surface area contributed by atoms with Gasteiger partial charge in [0.1, 0.15) is 0 Å². The molecule has 0 saturated heterocycles. The predicted octanol–water partition coefficient (Wildman–Crippen LogP) is 3.13. The van der Waals surface area contributed by atoms with Gasteiger partial charge in [-0.25, -0.2) is 0 Å². The van der Waals surface area contributed by atoms with Gasteiger partial charge in [0.15, 0.2) is 0 Å². The number of hydrogen-bond donors (Lipinski definition) is 1. The highest BCUT2D eigenvalue weighted by atomic mass is 79.9. The lowest BCUT2D eigenvalue weighted by Gasteiger charge is -2.14. The van der Waals surface area contributed by atoms with E-state index in [2.05, 4.69) is 48.8 Å². The zero-order valence-corrected chi connectivity index (χ0v) is 9.98. The molecule has 0 aliphatic rings. The maximum atomic E-state index is 5.65. The first-order valence-electron chi connectivity index (χ1n) is 4.53. The second-order valence-electron chi connectivity index (χ2n) is 3.62. The first-order valence-corrected chi connectivity index (χ1v) is 5.32. The van der Waals surface area contributed by atoms with E-state index >= 15 is 0 Å². The number of benzene rings is 1. The van der Waals surface area contributed by atoms with Crippen LogP contribution < -0.4 is 5.73 Å². The molecule has 1 unspecified atom stereocenters. The van der Waals surface area contributed by atoms with Crippen LogP contribution in [0.3, 0.4) is 0 Å². The summed E-state index contributed by atoms with van der Waals surface area (Å²) in [6.07, 6.45) is 0. The Labute approximate surface area is 88.5 Å². The van der Waals surface area contributed by atoms with Crippen LogP contribution in [0.15, 0.2) is 16.6 Å². The van der Waals surface area contributed by atoms with Gasteiger partial charge in [-0.1, -0.05) is 40.5 Å². The van der Waals surface area contributed by atoms with Crippen LogP contribution in [-0.4, -0.2) is 6.54 Å². The maximum absolute atomic E-state index is 5.65. The van der Waals surface area contributed by atoms with Crippen LogP contribution in [0.25, 0.3) is 0 Å². The zero-order valence-electron chi connectivity index (χ0n) is 8.39. The maximum Gasteiger partial charge on any atom is 0.0239 e. The lowest BCUT2D eigenvalue weighted by Crippen LogP contribution is -2.10. The van der Waals surface area contributed by atoms with Gasteiger partial charge in [-0.15, -0.1) is 0 Å². The Morgan fingerprint density at radius 3 is 2.54 bits per heavy atom. The molecular formula is C11H16BrN. The van der Waals surface area contributed by atoms with Crippen molar-refractivity contribution in [2.75, 3.05) is 6.54 Å². The summed E-state index contributed by atoms with van der Waals surface area (Å²) in [6, 6.07) is 4.38. The van der Waals surface area contributed by atoms with Crippen molar-refractivity contribution < 1.29 is 0 Å². The van der Waals surface area contributed by atoms with Gasteiger partial charge in [0, 0.05) is 4.47 Å². The topological polar surface area (TPSA) is 26.0 Å². The third-order valence-corrected chi connectivity index (χ3v) is 3.39. The fourth-order valence-electron chi connectivity index (χ4n) is 1.47. The SMILES string of the molecule is Cc1cc(C)c(Br)c(C(C)CN)c1. The van der Waals surface area contributed by atoms with E-state index in [-0.39, 0.29) is 0 Å². The summed E-state index contributed by atoms with van der Waals surface area (Å²) in [6.45, 7) is 7.08. The summed E-state index contributed by atoms with van der Waals surface area (Å²) in [5.41, 5.74) is 9.56. The summed E-state index contributed by atoms with van der Waals surface area (Å²) in [5, 5.41) is 0. The molecular weight excluding hydrogens is 226 g/mol. The highest BCUT2D eigenvalue weighted by molar-refractivity contribution is 9.10. The second kappa shape index (κ2) is 4.25. The molecule has 2 heteroatoms. The van der Waals surface area contributed by atoms with Crippen molar-refractivity contribution in [3.8, 4) is 0 Å². The minimum Gasteiger partial charge on any atom is -0.330 e. The van der Waals surface area contributed by atoms with Crippen molar-refractivity contribution in [1.29, 1.82) is 0 Å². The van der Waals surface area contributed by atoms with E-state index in [4.69, 9.17) is 5.73 Å². The Bertz CT molecular complexity index is 307. The minimum atomic E-state index is 0.424. The van der Waals surface area contributed by atoms with Gasteiger partial charge in [-0.2, -0.15) is 0 Å². The molecule has 0 aliphatic heterocycles. The van der Waals surface area contributed by atoms with Crippen molar-refractivity contribution >= 4 is 15.9 Å². The van der Waals surface area contributed by atoms with Crippen molar-refractivity contribution in [2.45, 2.75) is 26.7 Å². The molecule has 72 valence electrons. The van der Waals surface area contributed by atoms with Crippen molar-refractivity contribution in [1.82, 2.24) is 0 Å². The molecule has 13 heavy (non-hydrogen) atoms. The summed E-state index contributed by atoms with van der Waals surface area (Å²) >= 11 is 3.60. The van der Waals surface area contributed by atoms with Gasteiger partial charge >= 0.3 is 0 Å². The van der Waals surface area contributed by atoms with E-state index in [1.807, 2.05) is 0 Å². The summed E-state index contributed by atoms with van der Waals surface area (Å²) in [4.78, 5) is 0. The molecule has 2 N–H and O–H groups in total. The molecule has 0 amide bonds. The fourth-order valence-corrected chi connectivity index (χ4v) is 2.09. The first-order chi connectivity index (χ1) is 6.06. The summed E-state index contributed by atoms with van der Waals surface area (Å²) in [5.74, 6) is 0.424. The molecule has 0 fully saturated rings. The van der Waals surface area contributed by atoms with Gasteiger partial charge in [-0.3, -0.25) is 0 Å². The first kappa shape index (κ1) is 10.7. The third kappa shape index (κ3) is 2.32. The monoisotopic (exact) mass is 241 g/mol. The van der Waals surface area contributed by atoms with Crippen LogP contribution >= 0.6 is 15.9 Å². The molecule has 0 heterocycles. The molecule has 0 spiro atoms. The summed E-state index contributed by atoms with van der Waals surface area (Å²) in [7, 11) is 0. The Kier molecular flexibility index (Phi) is 3.51. The molecule has 0 aliphatic carbocycles. The van der Waals surface area contributed by atoms with Crippen molar-refractivity contribution in [3.05, 3.63) is 33.3 Å². The Hall–Kier alpha value is -0.340. The Balaban J connectivity index is 3.20. The Morgan fingerprint density at radius 2 is 2.00 bits per heavy atom. The molecule has 1 atom stereocenters. The quantitative estimate of drug-likeness (QED) is 0.847. The van der Waals surface area contributed by atoms with Crippen LogP contribution in [0.2, 0.25) is 0 Å². The zero-order chi connectivity index (χ0) is 10.0. The molecule has 0 saturated carbocycles. The van der Waals surface area contributed by atoms with Gasteiger partial charge < -0.3 is 5.73 Å². The number of hydrogen-bond acceptors (Lipinski definition) is 1. The van der Waals surface area contributed by atoms with Crippen LogP contribution in [0.4, 0.5) is 0 Å². The predicted molar refractivity (Wildman–Crippen MR) is 61.1 cm³/mol. The molecule has 0 radical (unpaired) electrons. The number of aryl methyl sites for hydroxylation is 2. The van der Waals surface area contributed by atoms with E-state index in [9.17, 15) is 0 Å². The van der Waals surface area contributed by atoms with E-state index in [0.717, 1.165) is 0 Å². The molecule has 1 aromatic carbocycles. The highest BCUT2D eigenvalue weighted by Crippen LogP contribution is 2.28. The van der Waals surface area contributed by atoms with E-state index in [1.54, 1.807) is 0 Å². The third-order valence-electron chi connectivity index (χ3n) is 2.31. The van der Waals surface area contributed by atoms with Gasteiger partial charge in [0.25, 0.3) is 0 Å². The number of nitrogens with two attached hydrogens (primary N) is 1. The van der Waals surface area contributed by atoms with Gasteiger partial charge in [0.05, 0.1) is 0 Å². The minimum absolute atomic E-state index is 0.424. The van der Waals surface area contributed by atoms with E-state index in [1.165, 1.54) is 21.2 Å². The van der Waals surface area contributed by atoms with Crippen LogP contribution in [-0.2, 0) is 0 Å². The largest absolute Gasteiger partial charge is 0.330 e. The average Bonchev–Trinajstić information content (AvgIpc) is 2.10. The van der Waals surface area contributed by atoms with Gasteiger partial charge in [-0.05, 0) is 37.4 Å². The molecule has 1 rings (SSSR count). The van der Waals surface area contributed by atoms with Crippen LogP contribution in [0.5, 0.6) is 0 Å². The summed E-state index contributed by atoms with van der Waals surface area (Å²) < 4.78 is 1.20. The molecule has 0 aromatic heterocycles. The van der Waals surface area contributed by atoms with Crippen molar-refractivity contribution in [3.63, 3.8) is 0 Å².